The Hall–Kier alpha value is -1.14. The van der Waals surface area contributed by atoms with Crippen molar-refractivity contribution in [3.05, 3.63) is 28.8 Å². The Kier molecular flexibility index (Phi) is 4.47. The fraction of sp³-hybridized carbons (Fsp3) is 0.500. The van der Waals surface area contributed by atoms with E-state index in [0.29, 0.717) is 12.2 Å². The Balaban J connectivity index is 2.90. The molecule has 0 aliphatic carbocycles. The number of nitrogens with zero attached hydrogens (tertiary/aromatic N) is 1. The van der Waals surface area contributed by atoms with E-state index >= 15 is 0 Å². The highest BCUT2D eigenvalue weighted by Crippen LogP contribution is 2.27. The first kappa shape index (κ1) is 13.9. The molecule has 0 N–H and O–H groups in total. The second-order valence-electron chi connectivity index (χ2n) is 5.16. The summed E-state index contributed by atoms with van der Waals surface area (Å²) in [7, 11) is 0. The number of hydrogen-bond acceptors (Lipinski definition) is 3. The van der Waals surface area contributed by atoms with Gasteiger partial charge in [-0.25, -0.2) is 0 Å². The predicted molar refractivity (Wildman–Crippen MR) is 73.8 cm³/mol. The van der Waals surface area contributed by atoms with Gasteiger partial charge in [-0.1, -0.05) is 13.8 Å². The number of benzene rings is 1. The van der Waals surface area contributed by atoms with Crippen molar-refractivity contribution >= 4 is 12.6 Å². The summed E-state index contributed by atoms with van der Waals surface area (Å²) in [5.74, 6) is 1.67. The third kappa shape index (κ3) is 3.67. The fourth-order valence-corrected chi connectivity index (χ4v) is 1.65. The molecule has 0 saturated carbocycles. The first-order chi connectivity index (χ1) is 7.89. The Labute approximate surface area is 109 Å². The van der Waals surface area contributed by atoms with E-state index in [4.69, 9.17) is 10.00 Å². The SMILES string of the molecule is Cc1cc(C#N)cc(C)c1OCC(C)(C)CS. The molecule has 92 valence electrons. The van der Waals surface area contributed by atoms with Crippen LogP contribution in [0.25, 0.3) is 0 Å². The molecule has 0 saturated heterocycles. The van der Waals surface area contributed by atoms with Gasteiger partial charge in [0.1, 0.15) is 5.75 Å². The first-order valence-electron chi connectivity index (χ1n) is 5.64. The molecule has 17 heavy (non-hydrogen) atoms. The van der Waals surface area contributed by atoms with Gasteiger partial charge in [0.05, 0.1) is 18.2 Å². The summed E-state index contributed by atoms with van der Waals surface area (Å²) in [5, 5.41) is 8.87. The van der Waals surface area contributed by atoms with Crippen molar-refractivity contribution in [3.63, 3.8) is 0 Å². The van der Waals surface area contributed by atoms with Crippen LogP contribution in [-0.2, 0) is 0 Å². The third-order valence-electron chi connectivity index (χ3n) is 2.62. The van der Waals surface area contributed by atoms with Crippen molar-refractivity contribution in [3.8, 4) is 11.8 Å². The molecule has 0 radical (unpaired) electrons. The molecule has 0 unspecified atom stereocenters. The molecule has 3 heteroatoms. The van der Waals surface area contributed by atoms with E-state index < -0.39 is 0 Å². The van der Waals surface area contributed by atoms with Gasteiger partial charge in [0.25, 0.3) is 0 Å². The lowest BCUT2D eigenvalue weighted by Gasteiger charge is -2.23. The van der Waals surface area contributed by atoms with E-state index in [-0.39, 0.29) is 5.41 Å². The third-order valence-corrected chi connectivity index (χ3v) is 3.48. The number of thiol groups is 1. The van der Waals surface area contributed by atoms with E-state index in [1.165, 1.54) is 0 Å². The summed E-state index contributed by atoms with van der Waals surface area (Å²) in [6, 6.07) is 5.87. The van der Waals surface area contributed by atoms with Crippen molar-refractivity contribution in [1.29, 1.82) is 5.26 Å². The quantitative estimate of drug-likeness (QED) is 0.828. The molecule has 1 aromatic rings. The number of aryl methyl sites for hydroxylation is 2. The minimum Gasteiger partial charge on any atom is -0.492 e. The predicted octanol–water partition coefficient (Wildman–Crippen LogP) is 3.51. The van der Waals surface area contributed by atoms with Crippen LogP contribution in [-0.4, -0.2) is 12.4 Å². The van der Waals surface area contributed by atoms with Gasteiger partial charge >= 0.3 is 0 Å². The Morgan fingerprint density at radius 1 is 1.29 bits per heavy atom. The Morgan fingerprint density at radius 3 is 2.24 bits per heavy atom. The van der Waals surface area contributed by atoms with E-state index in [1.54, 1.807) is 0 Å². The van der Waals surface area contributed by atoms with Gasteiger partial charge in [0.15, 0.2) is 0 Å². The van der Waals surface area contributed by atoms with Gasteiger partial charge in [-0.15, -0.1) is 0 Å². The van der Waals surface area contributed by atoms with Crippen LogP contribution in [0, 0.1) is 30.6 Å². The highest BCUT2D eigenvalue weighted by atomic mass is 32.1. The summed E-state index contributed by atoms with van der Waals surface area (Å²) in [4.78, 5) is 0. The van der Waals surface area contributed by atoms with Crippen LogP contribution in [0.2, 0.25) is 0 Å². The molecular formula is C14H19NOS. The zero-order valence-corrected chi connectivity index (χ0v) is 11.8. The molecule has 1 rings (SSSR count). The summed E-state index contributed by atoms with van der Waals surface area (Å²) in [6.07, 6.45) is 0. The average Bonchev–Trinajstić information content (AvgIpc) is 2.27. The Bertz CT molecular complexity index is 423. The van der Waals surface area contributed by atoms with Crippen molar-refractivity contribution < 1.29 is 4.74 Å². The summed E-state index contributed by atoms with van der Waals surface area (Å²) in [5.41, 5.74) is 2.75. The highest BCUT2D eigenvalue weighted by Gasteiger charge is 2.18. The molecule has 0 bridgehead atoms. The van der Waals surface area contributed by atoms with Gasteiger partial charge in [0.2, 0.25) is 0 Å². The standard InChI is InChI=1S/C14H19NOS/c1-10-5-12(7-15)6-11(2)13(10)16-8-14(3,4)9-17/h5-6,17H,8-9H2,1-4H3. The second-order valence-corrected chi connectivity index (χ2v) is 5.48. The molecule has 2 nitrogen and oxygen atoms in total. The van der Waals surface area contributed by atoms with Crippen LogP contribution >= 0.6 is 12.6 Å². The molecule has 0 fully saturated rings. The van der Waals surface area contributed by atoms with Crippen LogP contribution in [0.1, 0.15) is 30.5 Å². The van der Waals surface area contributed by atoms with Crippen LogP contribution in [0.4, 0.5) is 0 Å². The molecule has 0 aliphatic heterocycles. The molecule has 0 aromatic heterocycles. The topological polar surface area (TPSA) is 33.0 Å². The second kappa shape index (κ2) is 5.46. The van der Waals surface area contributed by atoms with Crippen molar-refractivity contribution in [1.82, 2.24) is 0 Å². The zero-order chi connectivity index (χ0) is 13.1. The number of ether oxygens (including phenoxy) is 1. The zero-order valence-electron chi connectivity index (χ0n) is 10.9. The summed E-state index contributed by atoms with van der Waals surface area (Å²) >= 11 is 4.31. The van der Waals surface area contributed by atoms with E-state index in [2.05, 4.69) is 32.5 Å². The van der Waals surface area contributed by atoms with Gasteiger partial charge in [-0.05, 0) is 42.9 Å². The average molecular weight is 249 g/mol. The van der Waals surface area contributed by atoms with Gasteiger partial charge in [0, 0.05) is 5.41 Å². The van der Waals surface area contributed by atoms with Gasteiger partial charge in [-0.2, -0.15) is 17.9 Å². The molecular weight excluding hydrogens is 230 g/mol. The highest BCUT2D eigenvalue weighted by molar-refractivity contribution is 7.80. The molecule has 0 atom stereocenters. The number of rotatable bonds is 4. The van der Waals surface area contributed by atoms with E-state index in [0.717, 1.165) is 22.6 Å². The summed E-state index contributed by atoms with van der Waals surface area (Å²) < 4.78 is 5.86. The lowest BCUT2D eigenvalue weighted by molar-refractivity contribution is 0.200. The first-order valence-corrected chi connectivity index (χ1v) is 6.28. The Morgan fingerprint density at radius 2 is 1.82 bits per heavy atom. The minimum absolute atomic E-state index is 0.0515. The number of nitriles is 1. The van der Waals surface area contributed by atoms with Crippen LogP contribution < -0.4 is 4.74 Å². The van der Waals surface area contributed by atoms with Crippen molar-refractivity contribution in [2.75, 3.05) is 12.4 Å². The number of hydrogen-bond donors (Lipinski definition) is 1. The van der Waals surface area contributed by atoms with Crippen molar-refractivity contribution in [2.24, 2.45) is 5.41 Å². The van der Waals surface area contributed by atoms with Gasteiger partial charge in [-0.3, -0.25) is 0 Å². The summed E-state index contributed by atoms with van der Waals surface area (Å²) in [6.45, 7) is 8.81. The largest absolute Gasteiger partial charge is 0.492 e. The lowest BCUT2D eigenvalue weighted by atomic mass is 9.98. The molecule has 0 amide bonds. The monoisotopic (exact) mass is 249 g/mol. The van der Waals surface area contributed by atoms with Crippen LogP contribution in [0.15, 0.2) is 12.1 Å². The van der Waals surface area contributed by atoms with Crippen LogP contribution in [0.5, 0.6) is 5.75 Å². The van der Waals surface area contributed by atoms with E-state index in [9.17, 15) is 0 Å². The normalized spacial score (nSPS) is 11.1. The molecule has 0 spiro atoms. The molecule has 1 aromatic carbocycles. The lowest BCUT2D eigenvalue weighted by Crippen LogP contribution is -2.23. The van der Waals surface area contributed by atoms with E-state index in [1.807, 2.05) is 26.0 Å². The fourth-order valence-electron chi connectivity index (χ4n) is 1.56. The maximum atomic E-state index is 8.87. The smallest absolute Gasteiger partial charge is 0.125 e. The maximum absolute atomic E-state index is 8.87. The molecule has 0 heterocycles. The van der Waals surface area contributed by atoms with Gasteiger partial charge < -0.3 is 4.74 Å². The van der Waals surface area contributed by atoms with Crippen molar-refractivity contribution in [2.45, 2.75) is 27.7 Å². The minimum atomic E-state index is 0.0515. The van der Waals surface area contributed by atoms with Crippen LogP contribution in [0.3, 0.4) is 0 Å². The maximum Gasteiger partial charge on any atom is 0.125 e. The molecule has 0 aliphatic rings.